The van der Waals surface area contributed by atoms with Gasteiger partial charge in [-0.05, 0) is 45.1 Å². The van der Waals surface area contributed by atoms with Gasteiger partial charge in [-0.2, -0.15) is 0 Å². The van der Waals surface area contributed by atoms with Crippen LogP contribution in [0.15, 0.2) is 36.4 Å². The van der Waals surface area contributed by atoms with Crippen molar-refractivity contribution < 1.29 is 4.79 Å². The minimum Gasteiger partial charge on any atom is -0.356 e. The van der Waals surface area contributed by atoms with E-state index in [-0.39, 0.29) is 11.9 Å². The Hall–Kier alpha value is -2.43. The van der Waals surface area contributed by atoms with Crippen LogP contribution in [-0.2, 0) is 6.54 Å². The molecule has 1 amide bonds. The van der Waals surface area contributed by atoms with Gasteiger partial charge in [0.25, 0.3) is 5.91 Å². The van der Waals surface area contributed by atoms with Crippen LogP contribution in [0.3, 0.4) is 0 Å². The van der Waals surface area contributed by atoms with Crippen LogP contribution in [0.2, 0.25) is 0 Å². The average Bonchev–Trinajstić information content (AvgIpc) is 2.66. The fourth-order valence-electron chi connectivity index (χ4n) is 3.48. The first-order valence-electron chi connectivity index (χ1n) is 9.89. The molecule has 1 aliphatic heterocycles. The molecule has 0 atom stereocenters. The van der Waals surface area contributed by atoms with E-state index in [1.165, 1.54) is 12.8 Å². The third kappa shape index (κ3) is 4.85. The lowest BCUT2D eigenvalue weighted by molar-refractivity contribution is 0.0683. The molecule has 144 valence electrons. The van der Waals surface area contributed by atoms with E-state index in [9.17, 15) is 4.79 Å². The third-order valence-corrected chi connectivity index (χ3v) is 5.23. The summed E-state index contributed by atoms with van der Waals surface area (Å²) in [6.45, 7) is 10.8. The topological polar surface area (TPSA) is 49.3 Å². The SMILES string of the molecule is Cc1nc(C(=O)N(Cc2ccccc2)C(C)C)cc(N2CCC(C)CC2)n1. The van der Waals surface area contributed by atoms with Crippen molar-refractivity contribution in [3.05, 3.63) is 53.5 Å². The highest BCUT2D eigenvalue weighted by Crippen LogP contribution is 2.23. The zero-order chi connectivity index (χ0) is 19.4. The molecule has 0 spiro atoms. The number of carbonyl (C=O) groups excluding carboxylic acids is 1. The van der Waals surface area contributed by atoms with Crippen molar-refractivity contribution >= 4 is 11.7 Å². The smallest absolute Gasteiger partial charge is 0.273 e. The molecule has 1 aliphatic rings. The maximum Gasteiger partial charge on any atom is 0.273 e. The van der Waals surface area contributed by atoms with Gasteiger partial charge in [-0.3, -0.25) is 4.79 Å². The molecule has 27 heavy (non-hydrogen) atoms. The Balaban J connectivity index is 1.83. The number of rotatable bonds is 5. The van der Waals surface area contributed by atoms with Crippen LogP contribution in [0.5, 0.6) is 0 Å². The molecule has 0 aliphatic carbocycles. The van der Waals surface area contributed by atoms with E-state index < -0.39 is 0 Å². The minimum atomic E-state index is -0.0361. The molecule has 1 fully saturated rings. The van der Waals surface area contributed by atoms with Crippen molar-refractivity contribution in [3.8, 4) is 0 Å². The molecular formula is C22H30N4O. The van der Waals surface area contributed by atoms with E-state index in [2.05, 4.69) is 21.8 Å². The van der Waals surface area contributed by atoms with Crippen molar-refractivity contribution in [1.29, 1.82) is 0 Å². The van der Waals surface area contributed by atoms with Gasteiger partial charge in [0.1, 0.15) is 17.3 Å². The van der Waals surface area contributed by atoms with Gasteiger partial charge >= 0.3 is 0 Å². The molecule has 0 radical (unpaired) electrons. The van der Waals surface area contributed by atoms with E-state index in [0.717, 1.165) is 30.4 Å². The Kier molecular flexibility index (Phi) is 6.09. The summed E-state index contributed by atoms with van der Waals surface area (Å²) in [5, 5.41) is 0. The lowest BCUT2D eigenvalue weighted by Crippen LogP contribution is -2.38. The molecule has 2 heterocycles. The van der Waals surface area contributed by atoms with Gasteiger partial charge in [0.15, 0.2) is 0 Å². The van der Waals surface area contributed by atoms with Crippen molar-refractivity contribution in [3.63, 3.8) is 0 Å². The molecule has 5 nitrogen and oxygen atoms in total. The predicted molar refractivity (Wildman–Crippen MR) is 109 cm³/mol. The van der Waals surface area contributed by atoms with E-state index in [0.29, 0.717) is 18.1 Å². The number of anilines is 1. The molecule has 3 rings (SSSR count). The molecular weight excluding hydrogens is 336 g/mol. The largest absolute Gasteiger partial charge is 0.356 e. The minimum absolute atomic E-state index is 0.0361. The summed E-state index contributed by atoms with van der Waals surface area (Å²) in [5.74, 6) is 2.25. The number of aryl methyl sites for hydroxylation is 1. The Morgan fingerprint density at radius 2 is 1.85 bits per heavy atom. The monoisotopic (exact) mass is 366 g/mol. The van der Waals surface area contributed by atoms with Gasteiger partial charge in [0.05, 0.1) is 0 Å². The molecule has 0 bridgehead atoms. The maximum absolute atomic E-state index is 13.2. The first-order chi connectivity index (χ1) is 12.9. The quantitative estimate of drug-likeness (QED) is 0.800. The number of benzene rings is 1. The predicted octanol–water partition coefficient (Wildman–Crippen LogP) is 4.07. The van der Waals surface area contributed by atoms with E-state index in [1.807, 2.05) is 62.1 Å². The highest BCUT2D eigenvalue weighted by atomic mass is 16.2. The Labute approximate surface area is 162 Å². The summed E-state index contributed by atoms with van der Waals surface area (Å²) in [7, 11) is 0. The normalized spacial score (nSPS) is 15.2. The molecule has 1 aromatic carbocycles. The van der Waals surface area contributed by atoms with Crippen LogP contribution in [0, 0.1) is 12.8 Å². The molecule has 1 saturated heterocycles. The van der Waals surface area contributed by atoms with E-state index >= 15 is 0 Å². The highest BCUT2D eigenvalue weighted by molar-refractivity contribution is 5.93. The van der Waals surface area contributed by atoms with E-state index in [1.54, 1.807) is 0 Å². The second-order valence-corrected chi connectivity index (χ2v) is 7.84. The number of piperidine rings is 1. The number of hydrogen-bond donors (Lipinski definition) is 0. The van der Waals surface area contributed by atoms with Gasteiger partial charge in [-0.1, -0.05) is 37.3 Å². The number of aromatic nitrogens is 2. The van der Waals surface area contributed by atoms with Gasteiger partial charge in [0, 0.05) is 31.7 Å². The van der Waals surface area contributed by atoms with Crippen molar-refractivity contribution in [2.24, 2.45) is 5.92 Å². The fourth-order valence-corrected chi connectivity index (χ4v) is 3.48. The van der Waals surface area contributed by atoms with Crippen LogP contribution in [0.4, 0.5) is 5.82 Å². The van der Waals surface area contributed by atoms with Gasteiger partial charge < -0.3 is 9.80 Å². The van der Waals surface area contributed by atoms with Crippen LogP contribution in [-0.4, -0.2) is 39.9 Å². The second kappa shape index (κ2) is 8.51. The zero-order valence-corrected chi connectivity index (χ0v) is 16.9. The summed E-state index contributed by atoms with van der Waals surface area (Å²) in [4.78, 5) is 26.5. The van der Waals surface area contributed by atoms with E-state index in [4.69, 9.17) is 0 Å². The zero-order valence-electron chi connectivity index (χ0n) is 16.9. The summed E-state index contributed by atoms with van der Waals surface area (Å²) in [5.41, 5.74) is 1.61. The lowest BCUT2D eigenvalue weighted by atomic mass is 9.99. The van der Waals surface area contributed by atoms with Gasteiger partial charge in [-0.25, -0.2) is 9.97 Å². The van der Waals surface area contributed by atoms with Crippen molar-refractivity contribution in [1.82, 2.24) is 14.9 Å². The Morgan fingerprint density at radius 3 is 2.48 bits per heavy atom. The number of hydrogen-bond acceptors (Lipinski definition) is 4. The van der Waals surface area contributed by atoms with Crippen molar-refractivity contribution in [2.75, 3.05) is 18.0 Å². The van der Waals surface area contributed by atoms with Gasteiger partial charge in [0.2, 0.25) is 0 Å². The summed E-state index contributed by atoms with van der Waals surface area (Å²) in [6, 6.07) is 12.1. The number of carbonyl (C=O) groups is 1. The summed E-state index contributed by atoms with van der Waals surface area (Å²) < 4.78 is 0. The third-order valence-electron chi connectivity index (χ3n) is 5.23. The number of nitrogens with zero attached hydrogens (tertiary/aromatic N) is 4. The summed E-state index contributed by atoms with van der Waals surface area (Å²) in [6.07, 6.45) is 2.33. The van der Waals surface area contributed by atoms with Crippen LogP contribution in [0.25, 0.3) is 0 Å². The first kappa shape index (κ1) is 19.3. The summed E-state index contributed by atoms with van der Waals surface area (Å²) >= 11 is 0. The molecule has 1 aromatic heterocycles. The van der Waals surface area contributed by atoms with Crippen LogP contribution >= 0.6 is 0 Å². The molecule has 0 N–H and O–H groups in total. The Bertz CT molecular complexity index is 767. The van der Waals surface area contributed by atoms with Crippen LogP contribution < -0.4 is 4.90 Å². The molecule has 0 saturated carbocycles. The molecule has 2 aromatic rings. The second-order valence-electron chi connectivity index (χ2n) is 7.84. The fraction of sp³-hybridized carbons (Fsp3) is 0.500. The highest BCUT2D eigenvalue weighted by Gasteiger charge is 2.23. The van der Waals surface area contributed by atoms with Crippen LogP contribution in [0.1, 0.15) is 55.5 Å². The van der Waals surface area contributed by atoms with Crippen molar-refractivity contribution in [2.45, 2.75) is 53.1 Å². The molecule has 5 heteroatoms. The Morgan fingerprint density at radius 1 is 1.19 bits per heavy atom. The average molecular weight is 367 g/mol. The maximum atomic E-state index is 13.2. The first-order valence-corrected chi connectivity index (χ1v) is 9.89. The molecule has 0 unspecified atom stereocenters. The lowest BCUT2D eigenvalue weighted by Gasteiger charge is -2.32. The van der Waals surface area contributed by atoms with Gasteiger partial charge in [-0.15, -0.1) is 0 Å². The standard InChI is InChI=1S/C22H30N4O/c1-16(2)26(15-19-8-6-5-7-9-19)22(27)20-14-21(24-18(4)23-20)25-12-10-17(3)11-13-25/h5-9,14,16-17H,10-13,15H2,1-4H3. The number of amides is 1.